The number of fused-ring (bicyclic) bond motifs is 1. The van der Waals surface area contributed by atoms with E-state index in [1.54, 1.807) is 6.92 Å². The van der Waals surface area contributed by atoms with Gasteiger partial charge in [0, 0.05) is 36.0 Å². The van der Waals surface area contributed by atoms with Gasteiger partial charge in [-0.05, 0) is 99.2 Å². The van der Waals surface area contributed by atoms with Crippen molar-refractivity contribution in [3.63, 3.8) is 0 Å². The first kappa shape index (κ1) is 31.2. The van der Waals surface area contributed by atoms with Gasteiger partial charge >= 0.3 is 12.1 Å². The minimum atomic E-state index is -1.26. The van der Waals surface area contributed by atoms with E-state index in [1.807, 2.05) is 48.7 Å². The Bertz CT molecular complexity index is 1460. The number of hydrogen-bond acceptors (Lipinski definition) is 5. The molecule has 240 valence electrons. The van der Waals surface area contributed by atoms with Crippen LogP contribution in [0.2, 0.25) is 0 Å². The number of methoxy groups -OCH3 is 1. The van der Waals surface area contributed by atoms with Gasteiger partial charge in [-0.3, -0.25) is 9.59 Å². The summed E-state index contributed by atoms with van der Waals surface area (Å²) in [4.78, 5) is 43.0. The summed E-state index contributed by atoms with van der Waals surface area (Å²) in [6, 6.07) is 17.9. The van der Waals surface area contributed by atoms with Crippen LogP contribution in [0.15, 0.2) is 60.8 Å². The molecule has 45 heavy (non-hydrogen) atoms. The van der Waals surface area contributed by atoms with E-state index in [0.29, 0.717) is 43.9 Å². The number of nitrogens with one attached hydrogen (secondary N) is 3. The molecule has 0 spiro atoms. The average Bonchev–Trinajstić information content (AvgIpc) is 3.43. The van der Waals surface area contributed by atoms with Crippen LogP contribution in [0.4, 0.5) is 4.79 Å². The summed E-state index contributed by atoms with van der Waals surface area (Å²) in [5, 5.41) is 7.38. The maximum absolute atomic E-state index is 14.3. The third-order valence-corrected chi connectivity index (χ3v) is 10.6. The summed E-state index contributed by atoms with van der Waals surface area (Å²) in [5.41, 5.74) is 1.80. The number of aromatic nitrogens is 1. The Balaban J connectivity index is 1.20. The van der Waals surface area contributed by atoms with Crippen molar-refractivity contribution in [1.29, 1.82) is 0 Å². The molecule has 2 aromatic carbocycles. The molecule has 1 heterocycles. The lowest BCUT2D eigenvalue weighted by Gasteiger charge is -2.53. The highest BCUT2D eigenvalue weighted by molar-refractivity contribution is 5.91. The molecule has 7 rings (SSSR count). The Morgan fingerprint density at radius 3 is 2.33 bits per heavy atom. The second-order valence-corrected chi connectivity index (χ2v) is 14.0. The maximum Gasteiger partial charge on any atom is 0.408 e. The van der Waals surface area contributed by atoms with Crippen LogP contribution in [-0.2, 0) is 31.9 Å². The van der Waals surface area contributed by atoms with Crippen LogP contribution < -0.4 is 10.6 Å². The van der Waals surface area contributed by atoms with Crippen LogP contribution in [0.1, 0.15) is 75.8 Å². The first-order chi connectivity index (χ1) is 21.8. The smallest absolute Gasteiger partial charge is 0.408 e. The SMILES string of the molecule is COC(=O)CCCC[C@H](Cc1ccccc1)NC(=O)[C@@](C)(Cc1c[nH]c2ccccc12)NC(=O)OC1C2CC3CC(C2)CC1C3. The zero-order valence-electron chi connectivity index (χ0n) is 26.6. The highest BCUT2D eigenvalue weighted by Crippen LogP contribution is 2.54. The Morgan fingerprint density at radius 1 is 0.933 bits per heavy atom. The van der Waals surface area contributed by atoms with Crippen molar-refractivity contribution in [2.45, 2.75) is 95.2 Å². The Hall–Kier alpha value is -3.81. The Morgan fingerprint density at radius 2 is 1.62 bits per heavy atom. The van der Waals surface area contributed by atoms with E-state index in [-0.39, 0.29) is 24.0 Å². The molecule has 0 unspecified atom stereocenters. The number of unbranched alkanes of at least 4 members (excludes halogenated alkanes) is 1. The number of alkyl carbamates (subject to hydrolysis) is 1. The Kier molecular flexibility index (Phi) is 9.47. The topological polar surface area (TPSA) is 110 Å². The Labute approximate surface area is 266 Å². The molecule has 2 amide bonds. The number of hydrogen-bond donors (Lipinski definition) is 3. The van der Waals surface area contributed by atoms with Crippen LogP contribution in [0, 0.1) is 23.7 Å². The molecule has 8 nitrogen and oxygen atoms in total. The molecule has 4 aliphatic rings. The van der Waals surface area contributed by atoms with Crippen molar-refractivity contribution in [2.75, 3.05) is 7.11 Å². The van der Waals surface area contributed by atoms with Crippen LogP contribution >= 0.6 is 0 Å². The van der Waals surface area contributed by atoms with E-state index in [0.717, 1.165) is 66.0 Å². The quantitative estimate of drug-likeness (QED) is 0.151. The van der Waals surface area contributed by atoms with Crippen LogP contribution in [-0.4, -0.2) is 47.7 Å². The van der Waals surface area contributed by atoms with Gasteiger partial charge in [-0.2, -0.15) is 0 Å². The number of esters is 1. The zero-order valence-corrected chi connectivity index (χ0v) is 26.6. The minimum absolute atomic E-state index is 0.0705. The second-order valence-electron chi connectivity index (χ2n) is 14.0. The molecule has 4 bridgehead atoms. The van der Waals surface area contributed by atoms with Crippen molar-refractivity contribution in [3.8, 4) is 0 Å². The third-order valence-electron chi connectivity index (χ3n) is 10.6. The van der Waals surface area contributed by atoms with Crippen molar-refractivity contribution in [2.24, 2.45) is 23.7 Å². The van der Waals surface area contributed by atoms with Crippen molar-refractivity contribution >= 4 is 28.9 Å². The van der Waals surface area contributed by atoms with Gasteiger partial charge in [0.05, 0.1) is 7.11 Å². The van der Waals surface area contributed by atoms with Gasteiger partial charge in [-0.25, -0.2) is 4.79 Å². The molecule has 3 N–H and O–H groups in total. The molecule has 4 fully saturated rings. The molecule has 8 heteroatoms. The first-order valence-corrected chi connectivity index (χ1v) is 16.7. The van der Waals surface area contributed by atoms with Gasteiger partial charge in [0.15, 0.2) is 0 Å². The predicted octanol–water partition coefficient (Wildman–Crippen LogP) is 6.48. The van der Waals surface area contributed by atoms with E-state index < -0.39 is 11.6 Å². The zero-order chi connectivity index (χ0) is 31.4. The number of amides is 2. The second kappa shape index (κ2) is 13.7. The standard InChI is InChI=1S/C37H47N3O5/c1-37(22-29-23-38-32-14-8-7-13-31(29)32,40-36(43)45-34-27-17-25-16-26(19-27)20-28(34)18-25)35(42)39-30(12-6-9-15-33(41)44-2)21-24-10-4-3-5-11-24/h3-5,7-8,10-11,13-14,23,25-28,30,34,38H,6,9,12,15-22H2,1-2H3,(H,39,42)(H,40,43)/t25?,26?,27?,28?,30-,34?,37-/m1/s1. The van der Waals surface area contributed by atoms with E-state index >= 15 is 0 Å². The summed E-state index contributed by atoms with van der Waals surface area (Å²) in [5.74, 6) is 1.95. The van der Waals surface area contributed by atoms with E-state index in [9.17, 15) is 14.4 Å². The highest BCUT2D eigenvalue weighted by Gasteiger charge is 2.50. The summed E-state index contributed by atoms with van der Waals surface area (Å²) < 4.78 is 11.0. The lowest BCUT2D eigenvalue weighted by molar-refractivity contribution is -0.140. The number of carbonyl (C=O) groups is 3. The number of carbonyl (C=O) groups excluding carboxylic acids is 3. The van der Waals surface area contributed by atoms with E-state index in [4.69, 9.17) is 9.47 Å². The molecular weight excluding hydrogens is 566 g/mol. The number of benzene rings is 2. The predicted molar refractivity (Wildman–Crippen MR) is 173 cm³/mol. The van der Waals surface area contributed by atoms with Gasteiger partial charge in [0.1, 0.15) is 11.6 Å². The fourth-order valence-corrected chi connectivity index (χ4v) is 8.52. The van der Waals surface area contributed by atoms with Crippen LogP contribution in [0.3, 0.4) is 0 Å². The lowest BCUT2D eigenvalue weighted by Crippen LogP contribution is -2.61. The molecule has 0 aliphatic heterocycles. The lowest BCUT2D eigenvalue weighted by atomic mass is 9.55. The first-order valence-electron chi connectivity index (χ1n) is 16.7. The average molecular weight is 614 g/mol. The fourth-order valence-electron chi connectivity index (χ4n) is 8.52. The fraction of sp³-hybridized carbons (Fsp3) is 0.541. The molecule has 4 aliphatic carbocycles. The number of H-pyrrole nitrogens is 1. The third kappa shape index (κ3) is 7.37. The van der Waals surface area contributed by atoms with Gasteiger partial charge in [0.2, 0.25) is 5.91 Å². The number of para-hydroxylation sites is 1. The molecule has 0 saturated heterocycles. The monoisotopic (exact) mass is 613 g/mol. The van der Waals surface area contributed by atoms with Gasteiger partial charge in [0.25, 0.3) is 0 Å². The van der Waals surface area contributed by atoms with E-state index in [2.05, 4.69) is 27.8 Å². The molecule has 2 atom stereocenters. The summed E-state index contributed by atoms with van der Waals surface area (Å²) in [6.45, 7) is 1.80. The van der Waals surface area contributed by atoms with Crippen LogP contribution in [0.5, 0.6) is 0 Å². The molecular formula is C37H47N3O5. The van der Waals surface area contributed by atoms with E-state index in [1.165, 1.54) is 13.5 Å². The number of aromatic amines is 1. The maximum atomic E-state index is 14.3. The summed E-state index contributed by atoms with van der Waals surface area (Å²) in [6.07, 6.45) is 10.7. The molecule has 0 radical (unpaired) electrons. The summed E-state index contributed by atoms with van der Waals surface area (Å²) in [7, 11) is 1.40. The molecule has 3 aromatic rings. The number of rotatable bonds is 13. The largest absolute Gasteiger partial charge is 0.469 e. The normalized spacial score (nSPS) is 25.3. The molecule has 4 saturated carbocycles. The van der Waals surface area contributed by atoms with Gasteiger partial charge in [-0.15, -0.1) is 0 Å². The minimum Gasteiger partial charge on any atom is -0.469 e. The van der Waals surface area contributed by atoms with Crippen molar-refractivity contribution in [1.82, 2.24) is 15.6 Å². The molecule has 1 aromatic heterocycles. The van der Waals surface area contributed by atoms with Crippen LogP contribution in [0.25, 0.3) is 10.9 Å². The summed E-state index contributed by atoms with van der Waals surface area (Å²) >= 11 is 0. The van der Waals surface area contributed by atoms with Gasteiger partial charge < -0.3 is 25.1 Å². The number of ether oxygens (including phenoxy) is 2. The van der Waals surface area contributed by atoms with Gasteiger partial charge in [-0.1, -0.05) is 55.0 Å². The van der Waals surface area contributed by atoms with Crippen molar-refractivity contribution < 1.29 is 23.9 Å². The highest BCUT2D eigenvalue weighted by atomic mass is 16.6. The van der Waals surface area contributed by atoms with Crippen molar-refractivity contribution in [3.05, 3.63) is 71.9 Å².